The number of anilines is 2. The summed E-state index contributed by atoms with van der Waals surface area (Å²) in [5.41, 5.74) is 6.26. The van der Waals surface area contributed by atoms with Crippen molar-refractivity contribution in [3.63, 3.8) is 0 Å². The predicted molar refractivity (Wildman–Crippen MR) is 111 cm³/mol. The molecule has 0 aliphatic carbocycles. The molecule has 3 rings (SSSR count). The van der Waals surface area contributed by atoms with Gasteiger partial charge in [0.2, 0.25) is 11.9 Å². The molecule has 1 aromatic carbocycles. The van der Waals surface area contributed by atoms with Crippen LogP contribution in [0.5, 0.6) is 0 Å². The van der Waals surface area contributed by atoms with Gasteiger partial charge in [0, 0.05) is 12.0 Å². The van der Waals surface area contributed by atoms with Gasteiger partial charge in [-0.2, -0.15) is 4.98 Å². The van der Waals surface area contributed by atoms with Crippen LogP contribution in [0.4, 0.5) is 11.8 Å². The lowest BCUT2D eigenvalue weighted by Crippen LogP contribution is -2.41. The van der Waals surface area contributed by atoms with Crippen LogP contribution in [0, 0.1) is 0 Å². The van der Waals surface area contributed by atoms with Gasteiger partial charge in [0.05, 0.1) is 11.5 Å². The molecule has 2 aromatic rings. The van der Waals surface area contributed by atoms with Crippen molar-refractivity contribution < 1.29 is 29.4 Å². The van der Waals surface area contributed by atoms with Crippen LogP contribution in [0.25, 0.3) is 0 Å². The average Bonchev–Trinajstić information content (AvgIpc) is 3.04. The van der Waals surface area contributed by atoms with Crippen molar-refractivity contribution in [3.8, 4) is 0 Å². The summed E-state index contributed by atoms with van der Waals surface area (Å²) >= 11 is 0. The molecule has 12 heteroatoms. The van der Waals surface area contributed by atoms with Gasteiger partial charge in [-0.3, -0.25) is 24.2 Å². The van der Waals surface area contributed by atoms with E-state index in [0.717, 1.165) is 5.56 Å². The number of H-pyrrole nitrogens is 1. The molecule has 1 aliphatic rings. The maximum absolute atomic E-state index is 12.3. The number of nitrogen functional groups attached to an aromatic ring is 1. The van der Waals surface area contributed by atoms with Crippen molar-refractivity contribution in [2.75, 3.05) is 11.1 Å². The lowest BCUT2D eigenvalue weighted by molar-refractivity contribution is -0.140. The predicted octanol–water partition coefficient (Wildman–Crippen LogP) is 0.0684. The standard InChI is InChI=1S/C20H21N5O7/c21-20-24-15-14(18(30)25-20)11(17(29)23-15)6-3-9-1-4-10(5-2-9)16(28)22-12(19(31)32)7-8-13(26)27/h1-2,4-5,11-12H,3,6-8H2,(H,22,28)(H,26,27)(H,31,32)(H4,21,23,24,25,29,30)/t11-,12+/m0/s1. The number of aromatic amines is 1. The number of nitrogens with two attached hydrogens (primary N) is 1. The van der Waals surface area contributed by atoms with E-state index >= 15 is 0 Å². The first-order chi connectivity index (χ1) is 15.2. The Hall–Kier alpha value is -4.22. The van der Waals surface area contributed by atoms with Gasteiger partial charge in [-0.1, -0.05) is 12.1 Å². The van der Waals surface area contributed by atoms with Crippen LogP contribution < -0.4 is 21.9 Å². The maximum atomic E-state index is 12.3. The van der Waals surface area contributed by atoms with Crippen molar-refractivity contribution in [1.29, 1.82) is 0 Å². The zero-order valence-corrected chi connectivity index (χ0v) is 16.8. The zero-order chi connectivity index (χ0) is 23.4. The summed E-state index contributed by atoms with van der Waals surface area (Å²) in [6.45, 7) is 0. The number of carboxylic acids is 2. The molecule has 1 aromatic heterocycles. The number of carbonyl (C=O) groups excluding carboxylic acids is 2. The molecule has 7 N–H and O–H groups in total. The molecule has 0 saturated heterocycles. The number of amides is 2. The third kappa shape index (κ3) is 5.09. The molecule has 32 heavy (non-hydrogen) atoms. The summed E-state index contributed by atoms with van der Waals surface area (Å²) < 4.78 is 0. The SMILES string of the molecule is Nc1nc2c(c(=O)[nH]1)[C@H](CCc1ccc(C(=O)N[C@H](CCC(=O)O)C(=O)O)cc1)C(=O)N2. The number of aliphatic carboxylic acids is 2. The number of aryl methyl sites for hydroxylation is 1. The molecule has 2 atom stereocenters. The lowest BCUT2D eigenvalue weighted by Gasteiger charge is -2.14. The number of benzene rings is 1. The first-order valence-electron chi connectivity index (χ1n) is 9.70. The van der Waals surface area contributed by atoms with E-state index in [1.165, 1.54) is 12.1 Å². The normalized spacial score (nSPS) is 15.5. The molecule has 1 aliphatic heterocycles. The fourth-order valence-corrected chi connectivity index (χ4v) is 3.43. The second-order valence-corrected chi connectivity index (χ2v) is 7.29. The van der Waals surface area contributed by atoms with Crippen LogP contribution in [-0.4, -0.2) is 50.0 Å². The minimum atomic E-state index is -1.32. The molecule has 0 fully saturated rings. The van der Waals surface area contributed by atoms with Crippen molar-refractivity contribution in [2.45, 2.75) is 37.6 Å². The number of aromatic nitrogens is 2. The summed E-state index contributed by atoms with van der Waals surface area (Å²) in [5, 5.41) is 22.7. The van der Waals surface area contributed by atoms with Crippen LogP contribution in [-0.2, 0) is 20.8 Å². The number of hydrogen-bond acceptors (Lipinski definition) is 7. The summed E-state index contributed by atoms with van der Waals surface area (Å²) in [7, 11) is 0. The van der Waals surface area contributed by atoms with Crippen LogP contribution in [0.15, 0.2) is 29.1 Å². The fraction of sp³-hybridized carbons (Fsp3) is 0.300. The molecular weight excluding hydrogens is 422 g/mol. The first kappa shape index (κ1) is 22.5. The second kappa shape index (κ2) is 9.29. The molecular formula is C20H21N5O7. The molecule has 0 spiro atoms. The Morgan fingerprint density at radius 3 is 2.47 bits per heavy atom. The molecule has 0 bridgehead atoms. The number of nitrogens with one attached hydrogen (secondary N) is 3. The Balaban J connectivity index is 1.62. The number of carbonyl (C=O) groups is 4. The molecule has 0 radical (unpaired) electrons. The molecule has 0 unspecified atom stereocenters. The summed E-state index contributed by atoms with van der Waals surface area (Å²) in [6, 6.07) is 4.99. The van der Waals surface area contributed by atoms with E-state index in [1.54, 1.807) is 12.1 Å². The Bertz CT molecular complexity index is 1130. The first-order valence-corrected chi connectivity index (χ1v) is 9.70. The Labute approximate surface area is 180 Å². The van der Waals surface area contributed by atoms with Crippen molar-refractivity contribution in [1.82, 2.24) is 15.3 Å². The van der Waals surface area contributed by atoms with Gasteiger partial charge in [0.25, 0.3) is 11.5 Å². The summed E-state index contributed by atoms with van der Waals surface area (Å²) in [5.74, 6) is -4.09. The van der Waals surface area contributed by atoms with Gasteiger partial charge >= 0.3 is 11.9 Å². The second-order valence-electron chi connectivity index (χ2n) is 7.29. The minimum absolute atomic E-state index is 0.0864. The van der Waals surface area contributed by atoms with E-state index in [-0.39, 0.29) is 41.6 Å². The average molecular weight is 443 g/mol. The van der Waals surface area contributed by atoms with Crippen molar-refractivity contribution in [2.24, 2.45) is 0 Å². The van der Waals surface area contributed by atoms with Gasteiger partial charge in [-0.15, -0.1) is 0 Å². The van der Waals surface area contributed by atoms with E-state index in [9.17, 15) is 24.0 Å². The number of nitrogens with zero attached hydrogens (tertiary/aromatic N) is 1. The van der Waals surface area contributed by atoms with Crippen LogP contribution in [0.1, 0.15) is 46.7 Å². The zero-order valence-electron chi connectivity index (χ0n) is 16.8. The summed E-state index contributed by atoms with van der Waals surface area (Å²) in [4.78, 5) is 64.9. The highest BCUT2D eigenvalue weighted by molar-refractivity contribution is 6.01. The van der Waals surface area contributed by atoms with Crippen molar-refractivity contribution >= 4 is 35.5 Å². The topological polar surface area (TPSA) is 205 Å². The van der Waals surface area contributed by atoms with Gasteiger partial charge in [0.15, 0.2) is 0 Å². The Morgan fingerprint density at radius 2 is 1.84 bits per heavy atom. The van der Waals surface area contributed by atoms with E-state index in [2.05, 4.69) is 20.6 Å². The highest BCUT2D eigenvalue weighted by Crippen LogP contribution is 2.31. The van der Waals surface area contributed by atoms with E-state index in [4.69, 9.17) is 15.9 Å². The molecule has 12 nitrogen and oxygen atoms in total. The Kier molecular flexibility index (Phi) is 6.52. The monoisotopic (exact) mass is 443 g/mol. The third-order valence-electron chi connectivity index (χ3n) is 5.07. The lowest BCUT2D eigenvalue weighted by atomic mass is 9.94. The molecule has 2 heterocycles. The van der Waals surface area contributed by atoms with Crippen LogP contribution >= 0.6 is 0 Å². The van der Waals surface area contributed by atoms with Crippen LogP contribution in [0.3, 0.4) is 0 Å². The summed E-state index contributed by atoms with van der Waals surface area (Å²) in [6.07, 6.45) is 0.132. The highest BCUT2D eigenvalue weighted by Gasteiger charge is 2.34. The largest absolute Gasteiger partial charge is 0.481 e. The van der Waals surface area contributed by atoms with Gasteiger partial charge in [0.1, 0.15) is 11.9 Å². The smallest absolute Gasteiger partial charge is 0.326 e. The van der Waals surface area contributed by atoms with Crippen LogP contribution in [0.2, 0.25) is 0 Å². The number of rotatable bonds is 9. The molecule has 168 valence electrons. The number of fused-ring (bicyclic) bond motifs is 1. The van der Waals surface area contributed by atoms with E-state index < -0.39 is 35.4 Å². The Morgan fingerprint density at radius 1 is 1.16 bits per heavy atom. The molecule has 2 amide bonds. The van der Waals surface area contributed by atoms with E-state index in [0.29, 0.717) is 12.8 Å². The van der Waals surface area contributed by atoms with Gasteiger partial charge in [-0.25, -0.2) is 4.79 Å². The minimum Gasteiger partial charge on any atom is -0.481 e. The van der Waals surface area contributed by atoms with Crippen molar-refractivity contribution in [3.05, 3.63) is 51.3 Å². The van der Waals surface area contributed by atoms with Gasteiger partial charge < -0.3 is 26.6 Å². The fourth-order valence-electron chi connectivity index (χ4n) is 3.43. The third-order valence-corrected chi connectivity index (χ3v) is 5.07. The highest BCUT2D eigenvalue weighted by atomic mass is 16.4. The quantitative estimate of drug-likeness (QED) is 0.310. The number of hydrogen-bond donors (Lipinski definition) is 6. The van der Waals surface area contributed by atoms with E-state index in [1.807, 2.05) is 0 Å². The molecule has 0 saturated carbocycles. The maximum Gasteiger partial charge on any atom is 0.326 e. The van der Waals surface area contributed by atoms with Gasteiger partial charge in [-0.05, 0) is 37.0 Å². The number of carboxylic acid groups (broad SMARTS) is 2.